The van der Waals surface area contributed by atoms with Gasteiger partial charge in [-0.05, 0) is 37.6 Å². The Labute approximate surface area is 146 Å². The second kappa shape index (κ2) is 6.65. The van der Waals surface area contributed by atoms with E-state index in [1.807, 2.05) is 18.2 Å². The Morgan fingerprint density at radius 3 is 2.79 bits per heavy atom. The maximum Gasteiger partial charge on any atom is 0.231 e. The number of anilines is 4. The highest BCUT2D eigenvalue weighted by molar-refractivity contribution is 6.32. The Morgan fingerprint density at radius 1 is 1.33 bits per heavy atom. The van der Waals surface area contributed by atoms with Gasteiger partial charge >= 0.3 is 0 Å². The molecular weight excluding hydrogens is 326 g/mol. The number of carbonyl (C=O) groups excluding carboxylic acids is 1. The van der Waals surface area contributed by atoms with Crippen molar-refractivity contribution in [2.75, 3.05) is 35.3 Å². The SMILES string of the molecule is CCN(CC)c1ncc(Cl)c(Nc2ccc3c(c2)CC(=O)N3C)n1. The molecule has 7 heteroatoms. The van der Waals surface area contributed by atoms with E-state index in [2.05, 4.69) is 34.0 Å². The van der Waals surface area contributed by atoms with Gasteiger partial charge in [-0.1, -0.05) is 11.6 Å². The van der Waals surface area contributed by atoms with Crippen LogP contribution in [0.3, 0.4) is 0 Å². The Hall–Kier alpha value is -2.34. The van der Waals surface area contributed by atoms with Gasteiger partial charge in [-0.15, -0.1) is 0 Å². The molecule has 0 unspecified atom stereocenters. The fourth-order valence-corrected chi connectivity index (χ4v) is 2.93. The lowest BCUT2D eigenvalue weighted by Gasteiger charge is -2.19. The molecule has 1 N–H and O–H groups in total. The van der Waals surface area contributed by atoms with Crippen molar-refractivity contribution in [3.8, 4) is 0 Å². The monoisotopic (exact) mass is 345 g/mol. The van der Waals surface area contributed by atoms with Crippen LogP contribution in [0.1, 0.15) is 19.4 Å². The van der Waals surface area contributed by atoms with E-state index in [1.165, 1.54) is 0 Å². The van der Waals surface area contributed by atoms with Crippen LogP contribution < -0.4 is 15.1 Å². The van der Waals surface area contributed by atoms with Gasteiger partial charge in [0.2, 0.25) is 11.9 Å². The van der Waals surface area contributed by atoms with Crippen molar-refractivity contribution in [3.05, 3.63) is 35.0 Å². The molecule has 0 bridgehead atoms. The quantitative estimate of drug-likeness (QED) is 0.901. The standard InChI is InChI=1S/C17H20ClN5O/c1-4-23(5-2)17-19-10-13(18)16(21-17)20-12-6-7-14-11(8-12)9-15(24)22(14)3/h6-8,10H,4-5,9H2,1-3H3,(H,19,20,21). The van der Waals surface area contributed by atoms with E-state index in [4.69, 9.17) is 11.6 Å². The zero-order chi connectivity index (χ0) is 17.3. The van der Waals surface area contributed by atoms with Crippen LogP contribution in [-0.4, -0.2) is 36.0 Å². The van der Waals surface area contributed by atoms with Crippen molar-refractivity contribution in [3.63, 3.8) is 0 Å². The number of aromatic nitrogens is 2. The average molecular weight is 346 g/mol. The van der Waals surface area contributed by atoms with Crippen LogP contribution in [-0.2, 0) is 11.2 Å². The lowest BCUT2D eigenvalue weighted by molar-refractivity contribution is -0.117. The highest BCUT2D eigenvalue weighted by Crippen LogP contribution is 2.32. The molecule has 1 aliphatic heterocycles. The van der Waals surface area contributed by atoms with Gasteiger partial charge in [0.25, 0.3) is 0 Å². The average Bonchev–Trinajstić information content (AvgIpc) is 2.85. The van der Waals surface area contributed by atoms with Crippen molar-refractivity contribution in [1.82, 2.24) is 9.97 Å². The summed E-state index contributed by atoms with van der Waals surface area (Å²) in [6.45, 7) is 5.76. The third kappa shape index (κ3) is 3.01. The number of nitrogens with zero attached hydrogens (tertiary/aromatic N) is 4. The number of likely N-dealkylation sites (N-methyl/N-ethyl adjacent to an activating group) is 1. The minimum absolute atomic E-state index is 0.103. The molecule has 1 aliphatic rings. The third-order valence-corrected chi connectivity index (χ3v) is 4.47. The molecule has 2 heterocycles. The van der Waals surface area contributed by atoms with E-state index in [0.29, 0.717) is 23.2 Å². The first-order valence-electron chi connectivity index (χ1n) is 7.97. The van der Waals surface area contributed by atoms with E-state index in [-0.39, 0.29) is 5.91 Å². The van der Waals surface area contributed by atoms with E-state index < -0.39 is 0 Å². The zero-order valence-corrected chi connectivity index (χ0v) is 14.8. The molecule has 0 saturated heterocycles. The van der Waals surface area contributed by atoms with Crippen LogP contribution in [0, 0.1) is 0 Å². The molecule has 0 saturated carbocycles. The number of nitrogens with one attached hydrogen (secondary N) is 1. The Bertz CT molecular complexity index is 776. The summed E-state index contributed by atoms with van der Waals surface area (Å²) < 4.78 is 0. The maximum absolute atomic E-state index is 11.8. The number of hydrogen-bond donors (Lipinski definition) is 1. The molecule has 2 aromatic rings. The van der Waals surface area contributed by atoms with E-state index in [9.17, 15) is 4.79 Å². The first-order valence-corrected chi connectivity index (χ1v) is 8.35. The minimum Gasteiger partial charge on any atom is -0.341 e. The molecule has 0 spiro atoms. The third-order valence-electron chi connectivity index (χ3n) is 4.20. The number of halogens is 1. The minimum atomic E-state index is 0.103. The second-order valence-electron chi connectivity index (χ2n) is 5.64. The topological polar surface area (TPSA) is 61.4 Å². The lowest BCUT2D eigenvalue weighted by atomic mass is 10.1. The number of fused-ring (bicyclic) bond motifs is 1. The summed E-state index contributed by atoms with van der Waals surface area (Å²) in [4.78, 5) is 24.3. The molecule has 24 heavy (non-hydrogen) atoms. The second-order valence-corrected chi connectivity index (χ2v) is 6.04. The Morgan fingerprint density at radius 2 is 2.08 bits per heavy atom. The Balaban J connectivity index is 1.88. The summed E-state index contributed by atoms with van der Waals surface area (Å²) in [5.41, 5.74) is 2.80. The molecule has 126 valence electrons. The zero-order valence-electron chi connectivity index (χ0n) is 14.0. The largest absolute Gasteiger partial charge is 0.341 e. The molecule has 0 fully saturated rings. The van der Waals surface area contributed by atoms with Gasteiger partial charge in [-0.3, -0.25) is 4.79 Å². The van der Waals surface area contributed by atoms with Crippen molar-refractivity contribution >= 4 is 40.6 Å². The summed E-state index contributed by atoms with van der Waals surface area (Å²) in [7, 11) is 1.79. The molecule has 1 aromatic heterocycles. The van der Waals surface area contributed by atoms with Crippen LogP contribution in [0.2, 0.25) is 5.02 Å². The molecular formula is C17H20ClN5O. The first-order chi connectivity index (χ1) is 11.5. The molecule has 0 aliphatic carbocycles. The number of hydrogen-bond acceptors (Lipinski definition) is 5. The number of benzene rings is 1. The van der Waals surface area contributed by atoms with Crippen LogP contribution in [0.25, 0.3) is 0 Å². The number of rotatable bonds is 5. The van der Waals surface area contributed by atoms with Crippen LogP contribution in [0.5, 0.6) is 0 Å². The predicted molar refractivity (Wildman–Crippen MR) is 97.4 cm³/mol. The summed E-state index contributed by atoms with van der Waals surface area (Å²) in [5.74, 6) is 1.31. The summed E-state index contributed by atoms with van der Waals surface area (Å²) in [6.07, 6.45) is 2.03. The van der Waals surface area contributed by atoms with Gasteiger partial charge < -0.3 is 15.1 Å². The summed E-state index contributed by atoms with van der Waals surface area (Å²) in [5, 5.41) is 3.69. The smallest absolute Gasteiger partial charge is 0.231 e. The van der Waals surface area contributed by atoms with E-state index in [1.54, 1.807) is 18.1 Å². The molecule has 3 rings (SSSR count). The van der Waals surface area contributed by atoms with Gasteiger partial charge in [0.1, 0.15) is 5.02 Å². The maximum atomic E-state index is 11.8. The van der Waals surface area contributed by atoms with Crippen molar-refractivity contribution in [1.29, 1.82) is 0 Å². The van der Waals surface area contributed by atoms with Crippen molar-refractivity contribution in [2.24, 2.45) is 0 Å². The van der Waals surface area contributed by atoms with Crippen LogP contribution in [0.15, 0.2) is 24.4 Å². The fourth-order valence-electron chi connectivity index (χ4n) is 2.79. The molecule has 0 atom stereocenters. The number of carbonyl (C=O) groups is 1. The number of amides is 1. The van der Waals surface area contributed by atoms with Gasteiger partial charge in [0.15, 0.2) is 5.82 Å². The van der Waals surface area contributed by atoms with Crippen molar-refractivity contribution in [2.45, 2.75) is 20.3 Å². The lowest BCUT2D eigenvalue weighted by Crippen LogP contribution is -2.24. The van der Waals surface area contributed by atoms with Gasteiger partial charge in [0.05, 0.1) is 12.6 Å². The predicted octanol–water partition coefficient (Wildman–Crippen LogP) is 3.24. The summed E-state index contributed by atoms with van der Waals surface area (Å²) in [6, 6.07) is 5.82. The molecule has 1 amide bonds. The highest BCUT2D eigenvalue weighted by atomic mass is 35.5. The summed E-state index contributed by atoms with van der Waals surface area (Å²) >= 11 is 6.23. The van der Waals surface area contributed by atoms with Gasteiger partial charge in [-0.25, -0.2) is 4.98 Å². The Kier molecular flexibility index (Phi) is 4.57. The van der Waals surface area contributed by atoms with Gasteiger partial charge in [-0.2, -0.15) is 4.98 Å². The highest BCUT2D eigenvalue weighted by Gasteiger charge is 2.24. The normalized spacial score (nSPS) is 13.2. The molecule has 6 nitrogen and oxygen atoms in total. The van der Waals surface area contributed by atoms with Crippen molar-refractivity contribution < 1.29 is 4.79 Å². The first kappa shape index (κ1) is 16.5. The van der Waals surface area contributed by atoms with Crippen LogP contribution in [0.4, 0.5) is 23.1 Å². The molecule has 1 aromatic carbocycles. The van der Waals surface area contributed by atoms with E-state index in [0.717, 1.165) is 30.0 Å². The fraction of sp³-hybridized carbons (Fsp3) is 0.353. The van der Waals surface area contributed by atoms with E-state index >= 15 is 0 Å². The van der Waals surface area contributed by atoms with Gasteiger partial charge in [0, 0.05) is 31.5 Å². The molecule has 0 radical (unpaired) electrons. The van der Waals surface area contributed by atoms with Crippen LogP contribution >= 0.6 is 11.6 Å².